The van der Waals surface area contributed by atoms with Gasteiger partial charge in [0.1, 0.15) is 6.04 Å². The molecular weight excluding hydrogens is 174 g/mol. The molecular formula is C8H15NO4. The van der Waals surface area contributed by atoms with E-state index in [-0.39, 0.29) is 5.92 Å². The average Bonchev–Trinajstić information content (AvgIpc) is 2.02. The Bertz CT molecular complexity index is 200. The second-order valence-electron chi connectivity index (χ2n) is 3.22. The van der Waals surface area contributed by atoms with E-state index >= 15 is 0 Å². The molecule has 0 aliphatic heterocycles. The molecule has 0 bridgehead atoms. The molecule has 0 aromatic rings. The second kappa shape index (κ2) is 4.94. The van der Waals surface area contributed by atoms with Crippen molar-refractivity contribution in [3.05, 3.63) is 0 Å². The largest absolute Gasteiger partial charge is 0.390 e. The van der Waals surface area contributed by atoms with Gasteiger partial charge in [-0.1, -0.05) is 13.8 Å². The van der Waals surface area contributed by atoms with Gasteiger partial charge in [0.25, 0.3) is 0 Å². The van der Waals surface area contributed by atoms with Gasteiger partial charge < -0.3 is 15.6 Å². The fourth-order valence-corrected chi connectivity index (χ4v) is 0.525. The molecule has 0 aliphatic carbocycles. The predicted molar refractivity (Wildman–Crippen MR) is 45.6 cm³/mol. The molecule has 0 spiro atoms. The van der Waals surface area contributed by atoms with E-state index in [1.807, 2.05) is 0 Å². The van der Waals surface area contributed by atoms with Gasteiger partial charge in [-0.25, -0.2) is 9.59 Å². The standard InChI is InChI=1S/C8H15NO4/c1-4(2)6(10)8(12)13-7(11)5(3)9/h4-6,10H,9H2,1-3H3/t5-,6?/m0/s1. The number of aliphatic hydroxyl groups is 1. The Morgan fingerprint density at radius 3 is 2.00 bits per heavy atom. The van der Waals surface area contributed by atoms with E-state index in [4.69, 9.17) is 10.8 Å². The van der Waals surface area contributed by atoms with Crippen LogP contribution >= 0.6 is 0 Å². The van der Waals surface area contributed by atoms with Crippen molar-refractivity contribution in [3.8, 4) is 0 Å². The summed E-state index contributed by atoms with van der Waals surface area (Å²) in [6.07, 6.45) is -1.28. The van der Waals surface area contributed by atoms with Gasteiger partial charge in [-0.15, -0.1) is 0 Å². The smallest absolute Gasteiger partial charge is 0.342 e. The maximum Gasteiger partial charge on any atom is 0.342 e. The lowest BCUT2D eigenvalue weighted by Gasteiger charge is -2.12. The maximum atomic E-state index is 11.0. The molecule has 0 rings (SSSR count). The Balaban J connectivity index is 4.08. The number of carbonyl (C=O) groups is 2. The third-order valence-electron chi connectivity index (χ3n) is 1.45. The molecule has 0 aliphatic rings. The summed E-state index contributed by atoms with van der Waals surface area (Å²) in [5.41, 5.74) is 5.15. The Hall–Kier alpha value is -0.940. The molecule has 5 nitrogen and oxygen atoms in total. The summed E-state index contributed by atoms with van der Waals surface area (Å²) in [5, 5.41) is 9.16. The fourth-order valence-electron chi connectivity index (χ4n) is 0.525. The molecule has 0 saturated heterocycles. The van der Waals surface area contributed by atoms with Crippen LogP contribution < -0.4 is 5.73 Å². The van der Waals surface area contributed by atoms with E-state index in [0.717, 1.165) is 0 Å². The van der Waals surface area contributed by atoms with Crippen LogP contribution in [-0.2, 0) is 14.3 Å². The van der Waals surface area contributed by atoms with Crippen LogP contribution in [0.1, 0.15) is 20.8 Å². The molecule has 2 atom stereocenters. The summed E-state index contributed by atoms with van der Waals surface area (Å²) < 4.78 is 4.28. The van der Waals surface area contributed by atoms with E-state index < -0.39 is 24.1 Å². The topological polar surface area (TPSA) is 89.6 Å². The normalized spacial score (nSPS) is 15.2. The van der Waals surface area contributed by atoms with E-state index in [9.17, 15) is 9.59 Å². The molecule has 0 saturated carbocycles. The minimum absolute atomic E-state index is 0.284. The van der Waals surface area contributed by atoms with Gasteiger partial charge in [0.05, 0.1) is 0 Å². The van der Waals surface area contributed by atoms with Crippen molar-refractivity contribution in [2.75, 3.05) is 0 Å². The number of rotatable bonds is 3. The van der Waals surface area contributed by atoms with Crippen LogP contribution in [0.25, 0.3) is 0 Å². The number of hydrogen-bond donors (Lipinski definition) is 2. The number of aliphatic hydroxyl groups excluding tert-OH is 1. The quantitative estimate of drug-likeness (QED) is 0.458. The van der Waals surface area contributed by atoms with E-state index in [2.05, 4.69) is 4.74 Å². The molecule has 76 valence electrons. The molecule has 0 amide bonds. The lowest BCUT2D eigenvalue weighted by atomic mass is 10.1. The first-order valence-corrected chi connectivity index (χ1v) is 4.05. The van der Waals surface area contributed by atoms with Gasteiger partial charge in [-0.05, 0) is 12.8 Å². The highest BCUT2D eigenvalue weighted by Gasteiger charge is 2.24. The summed E-state index contributed by atoms with van der Waals surface area (Å²) in [7, 11) is 0. The predicted octanol–water partition coefficient (Wildman–Crippen LogP) is -0.580. The Kier molecular flexibility index (Phi) is 4.58. The van der Waals surface area contributed by atoms with Crippen molar-refractivity contribution in [1.29, 1.82) is 0 Å². The van der Waals surface area contributed by atoms with Gasteiger partial charge in [0.15, 0.2) is 6.10 Å². The summed E-state index contributed by atoms with van der Waals surface area (Å²) in [4.78, 5) is 21.8. The number of nitrogens with two attached hydrogens (primary N) is 1. The summed E-state index contributed by atoms with van der Waals surface area (Å²) in [6, 6.07) is -0.858. The lowest BCUT2D eigenvalue weighted by Crippen LogP contribution is -2.36. The highest BCUT2D eigenvalue weighted by Crippen LogP contribution is 2.03. The first-order chi connectivity index (χ1) is 5.86. The Morgan fingerprint density at radius 1 is 1.23 bits per heavy atom. The maximum absolute atomic E-state index is 11.0. The molecule has 3 N–H and O–H groups in total. The van der Waals surface area contributed by atoms with Crippen molar-refractivity contribution in [2.45, 2.75) is 32.9 Å². The number of esters is 2. The van der Waals surface area contributed by atoms with E-state index in [1.54, 1.807) is 13.8 Å². The molecule has 0 aromatic heterocycles. The highest BCUT2D eigenvalue weighted by atomic mass is 16.6. The third kappa shape index (κ3) is 4.00. The van der Waals surface area contributed by atoms with Crippen molar-refractivity contribution < 1.29 is 19.4 Å². The van der Waals surface area contributed by atoms with Crippen LogP contribution in [0.5, 0.6) is 0 Å². The molecule has 0 radical (unpaired) electrons. The Morgan fingerprint density at radius 2 is 1.69 bits per heavy atom. The van der Waals surface area contributed by atoms with Crippen LogP contribution in [0, 0.1) is 5.92 Å². The van der Waals surface area contributed by atoms with Crippen LogP contribution in [0.3, 0.4) is 0 Å². The van der Waals surface area contributed by atoms with Crippen LogP contribution in [0.15, 0.2) is 0 Å². The summed E-state index contributed by atoms with van der Waals surface area (Å²) in [6.45, 7) is 4.68. The summed E-state index contributed by atoms with van der Waals surface area (Å²) >= 11 is 0. The zero-order chi connectivity index (χ0) is 10.6. The second-order valence-corrected chi connectivity index (χ2v) is 3.22. The average molecular weight is 189 g/mol. The first kappa shape index (κ1) is 12.1. The van der Waals surface area contributed by atoms with Gasteiger partial charge in [0.2, 0.25) is 0 Å². The zero-order valence-corrected chi connectivity index (χ0v) is 7.98. The molecule has 1 unspecified atom stereocenters. The fraction of sp³-hybridized carbons (Fsp3) is 0.750. The monoisotopic (exact) mass is 189 g/mol. The van der Waals surface area contributed by atoms with Gasteiger partial charge in [0, 0.05) is 0 Å². The summed E-state index contributed by atoms with van der Waals surface area (Å²) in [5.74, 6) is -2.06. The third-order valence-corrected chi connectivity index (χ3v) is 1.45. The van der Waals surface area contributed by atoms with Gasteiger partial charge in [-0.3, -0.25) is 0 Å². The first-order valence-electron chi connectivity index (χ1n) is 4.05. The Labute approximate surface area is 76.9 Å². The zero-order valence-electron chi connectivity index (χ0n) is 7.98. The van der Waals surface area contributed by atoms with Crippen LogP contribution in [-0.4, -0.2) is 29.2 Å². The molecule has 13 heavy (non-hydrogen) atoms. The van der Waals surface area contributed by atoms with Crippen molar-refractivity contribution >= 4 is 11.9 Å². The molecule has 5 heteroatoms. The van der Waals surface area contributed by atoms with Crippen LogP contribution in [0.4, 0.5) is 0 Å². The SMILES string of the molecule is CC(C)C(O)C(=O)OC(=O)[C@H](C)N. The van der Waals surface area contributed by atoms with E-state index in [1.165, 1.54) is 6.92 Å². The lowest BCUT2D eigenvalue weighted by molar-refractivity contribution is -0.168. The van der Waals surface area contributed by atoms with E-state index in [0.29, 0.717) is 0 Å². The van der Waals surface area contributed by atoms with Gasteiger partial charge >= 0.3 is 11.9 Å². The number of carbonyl (C=O) groups excluding carboxylic acids is 2. The molecule has 0 heterocycles. The minimum Gasteiger partial charge on any atom is -0.390 e. The number of hydrogen-bond acceptors (Lipinski definition) is 5. The van der Waals surface area contributed by atoms with Crippen molar-refractivity contribution in [3.63, 3.8) is 0 Å². The minimum atomic E-state index is -1.28. The molecule has 0 fully saturated rings. The van der Waals surface area contributed by atoms with Gasteiger partial charge in [-0.2, -0.15) is 0 Å². The van der Waals surface area contributed by atoms with Crippen molar-refractivity contribution in [1.82, 2.24) is 0 Å². The highest BCUT2D eigenvalue weighted by molar-refractivity contribution is 5.90. The van der Waals surface area contributed by atoms with Crippen molar-refractivity contribution in [2.24, 2.45) is 11.7 Å². The molecule has 0 aromatic carbocycles. The number of ether oxygens (including phenoxy) is 1. The van der Waals surface area contributed by atoms with Crippen LogP contribution in [0.2, 0.25) is 0 Å².